The average Bonchev–Trinajstić information content (AvgIpc) is 3.15. The summed E-state index contributed by atoms with van der Waals surface area (Å²) in [5.41, 5.74) is 1.61. The minimum Gasteiger partial charge on any atom is -0.497 e. The third kappa shape index (κ3) is 4.89. The molecule has 1 fully saturated rings. The number of ether oxygens (including phenoxy) is 1. The second-order valence-electron chi connectivity index (χ2n) is 7.04. The van der Waals surface area contributed by atoms with Crippen LogP contribution in [0.2, 0.25) is 0 Å². The summed E-state index contributed by atoms with van der Waals surface area (Å²) in [6, 6.07) is 16.4. The summed E-state index contributed by atoms with van der Waals surface area (Å²) in [5, 5.41) is 12.6. The fourth-order valence-corrected chi connectivity index (χ4v) is 3.50. The number of methoxy groups -OCH3 is 1. The molecule has 2 aromatic rings. The van der Waals surface area contributed by atoms with Gasteiger partial charge in [0.25, 0.3) is 5.91 Å². The van der Waals surface area contributed by atoms with Gasteiger partial charge in [0.2, 0.25) is 5.91 Å². The number of hydrogen-bond acceptors (Lipinski definition) is 4. The first-order chi connectivity index (χ1) is 13.6. The lowest BCUT2D eigenvalue weighted by Gasteiger charge is -2.18. The highest BCUT2D eigenvalue weighted by Crippen LogP contribution is 2.20. The maximum atomic E-state index is 12.6. The van der Waals surface area contributed by atoms with Crippen molar-refractivity contribution in [2.24, 2.45) is 5.92 Å². The van der Waals surface area contributed by atoms with Gasteiger partial charge < -0.3 is 20.1 Å². The van der Waals surface area contributed by atoms with Crippen LogP contribution in [-0.4, -0.2) is 54.7 Å². The van der Waals surface area contributed by atoms with E-state index < -0.39 is 0 Å². The van der Waals surface area contributed by atoms with Crippen LogP contribution in [0.5, 0.6) is 5.75 Å². The number of aryl methyl sites for hydroxylation is 1. The summed E-state index contributed by atoms with van der Waals surface area (Å²) in [6.07, 6.45) is 1.00. The lowest BCUT2D eigenvalue weighted by Crippen LogP contribution is -2.41. The van der Waals surface area contributed by atoms with Crippen molar-refractivity contribution in [2.45, 2.75) is 18.9 Å². The minimum absolute atomic E-state index is 0.0257. The van der Waals surface area contributed by atoms with Crippen LogP contribution in [0.4, 0.5) is 0 Å². The smallest absolute Gasteiger partial charge is 0.251 e. The van der Waals surface area contributed by atoms with Gasteiger partial charge in [-0.2, -0.15) is 0 Å². The van der Waals surface area contributed by atoms with Gasteiger partial charge in [-0.15, -0.1) is 0 Å². The Morgan fingerprint density at radius 2 is 1.93 bits per heavy atom. The summed E-state index contributed by atoms with van der Waals surface area (Å²) in [5.74, 6) is 0.455. The summed E-state index contributed by atoms with van der Waals surface area (Å²) >= 11 is 0. The van der Waals surface area contributed by atoms with E-state index in [4.69, 9.17) is 4.74 Å². The minimum atomic E-state index is -0.251. The van der Waals surface area contributed by atoms with Crippen molar-refractivity contribution in [3.05, 3.63) is 65.7 Å². The summed E-state index contributed by atoms with van der Waals surface area (Å²) in [6.45, 7) is 0.799. The maximum absolute atomic E-state index is 12.6. The molecule has 0 spiro atoms. The third-order valence-corrected chi connectivity index (χ3v) is 5.14. The first-order valence-electron chi connectivity index (χ1n) is 9.48. The van der Waals surface area contributed by atoms with Gasteiger partial charge in [0.1, 0.15) is 5.75 Å². The molecule has 1 heterocycles. The molecular weight excluding hydrogens is 356 g/mol. The van der Waals surface area contributed by atoms with Gasteiger partial charge in [-0.1, -0.05) is 30.3 Å². The van der Waals surface area contributed by atoms with Crippen LogP contribution in [0.15, 0.2) is 54.6 Å². The number of carbonyl (C=O) groups is 2. The van der Waals surface area contributed by atoms with Crippen LogP contribution < -0.4 is 10.1 Å². The predicted octanol–water partition coefficient (Wildman–Crippen LogP) is 1.88. The van der Waals surface area contributed by atoms with Gasteiger partial charge in [-0.3, -0.25) is 9.59 Å². The van der Waals surface area contributed by atoms with E-state index >= 15 is 0 Å². The lowest BCUT2D eigenvalue weighted by molar-refractivity contribution is -0.130. The second-order valence-corrected chi connectivity index (χ2v) is 7.04. The van der Waals surface area contributed by atoms with Crippen LogP contribution in [-0.2, 0) is 11.2 Å². The van der Waals surface area contributed by atoms with Crippen molar-refractivity contribution in [2.75, 3.05) is 26.8 Å². The topological polar surface area (TPSA) is 78.9 Å². The number of amides is 2. The first kappa shape index (κ1) is 19.9. The molecule has 1 saturated heterocycles. The van der Waals surface area contributed by atoms with E-state index in [0.29, 0.717) is 31.5 Å². The molecule has 1 aliphatic rings. The molecule has 2 N–H and O–H groups in total. The van der Waals surface area contributed by atoms with E-state index in [1.807, 2.05) is 42.5 Å². The Bertz CT molecular complexity index is 809. The highest BCUT2D eigenvalue weighted by atomic mass is 16.5. The van der Waals surface area contributed by atoms with Crippen LogP contribution in [0.3, 0.4) is 0 Å². The van der Waals surface area contributed by atoms with E-state index in [2.05, 4.69) is 5.32 Å². The van der Waals surface area contributed by atoms with Gasteiger partial charge in [0.15, 0.2) is 0 Å². The number of rotatable bonds is 7. The molecule has 3 rings (SSSR count). The van der Waals surface area contributed by atoms with Crippen LogP contribution in [0, 0.1) is 5.92 Å². The molecule has 28 heavy (non-hydrogen) atoms. The molecule has 2 amide bonds. The summed E-state index contributed by atoms with van der Waals surface area (Å²) in [7, 11) is 1.62. The largest absolute Gasteiger partial charge is 0.497 e. The van der Waals surface area contributed by atoms with Gasteiger partial charge in [-0.05, 0) is 36.2 Å². The third-order valence-electron chi connectivity index (χ3n) is 5.14. The molecule has 6 heteroatoms. The molecule has 0 radical (unpaired) electrons. The Kier molecular flexibility index (Phi) is 6.66. The molecule has 2 atom stereocenters. The fraction of sp³-hybridized carbons (Fsp3) is 0.364. The predicted molar refractivity (Wildman–Crippen MR) is 106 cm³/mol. The van der Waals surface area contributed by atoms with E-state index in [1.165, 1.54) is 0 Å². The quantitative estimate of drug-likeness (QED) is 0.766. The van der Waals surface area contributed by atoms with Crippen LogP contribution >= 0.6 is 0 Å². The molecule has 0 bridgehead atoms. The SMILES string of the molecule is COc1cccc(CCC(=O)N2CC(CO)C(NC(=O)c3ccccc3)C2)c1. The van der Waals surface area contributed by atoms with E-state index in [1.54, 1.807) is 24.1 Å². The summed E-state index contributed by atoms with van der Waals surface area (Å²) in [4.78, 5) is 26.8. The van der Waals surface area contributed by atoms with Crippen LogP contribution in [0.25, 0.3) is 0 Å². The number of benzene rings is 2. The highest BCUT2D eigenvalue weighted by molar-refractivity contribution is 5.94. The second kappa shape index (κ2) is 9.37. The number of likely N-dealkylation sites (tertiary alicyclic amines) is 1. The van der Waals surface area contributed by atoms with Crippen molar-refractivity contribution in [3.8, 4) is 5.75 Å². The normalized spacial score (nSPS) is 18.7. The van der Waals surface area contributed by atoms with Crippen molar-refractivity contribution < 1.29 is 19.4 Å². The van der Waals surface area contributed by atoms with E-state index in [-0.39, 0.29) is 30.4 Å². The standard InChI is InChI=1S/C22H26N2O4/c1-28-19-9-5-6-16(12-19)10-11-21(26)24-13-18(15-25)20(14-24)23-22(27)17-7-3-2-4-8-17/h2-9,12,18,20,25H,10-11,13-15H2,1H3,(H,23,27). The molecule has 2 aromatic carbocycles. The molecule has 148 valence electrons. The number of aliphatic hydroxyl groups excluding tert-OH is 1. The van der Waals surface area contributed by atoms with Crippen molar-refractivity contribution in [3.63, 3.8) is 0 Å². The van der Waals surface area contributed by atoms with E-state index in [0.717, 1.165) is 11.3 Å². The maximum Gasteiger partial charge on any atom is 0.251 e. The molecule has 1 aliphatic heterocycles. The van der Waals surface area contributed by atoms with Crippen molar-refractivity contribution >= 4 is 11.8 Å². The van der Waals surface area contributed by atoms with Gasteiger partial charge in [0.05, 0.1) is 13.2 Å². The Morgan fingerprint density at radius 1 is 1.14 bits per heavy atom. The molecular formula is C22H26N2O4. The number of aliphatic hydroxyl groups is 1. The Hall–Kier alpha value is -2.86. The van der Waals surface area contributed by atoms with Crippen LogP contribution in [0.1, 0.15) is 22.3 Å². The Balaban J connectivity index is 1.56. The van der Waals surface area contributed by atoms with Gasteiger partial charge in [-0.25, -0.2) is 0 Å². The lowest BCUT2D eigenvalue weighted by atomic mass is 10.0. The summed E-state index contributed by atoms with van der Waals surface area (Å²) < 4.78 is 5.21. The zero-order chi connectivity index (χ0) is 19.9. The Morgan fingerprint density at radius 3 is 2.64 bits per heavy atom. The van der Waals surface area contributed by atoms with Crippen molar-refractivity contribution in [1.29, 1.82) is 0 Å². The zero-order valence-corrected chi connectivity index (χ0v) is 16.0. The molecule has 6 nitrogen and oxygen atoms in total. The van der Waals surface area contributed by atoms with E-state index in [9.17, 15) is 14.7 Å². The van der Waals surface area contributed by atoms with Gasteiger partial charge >= 0.3 is 0 Å². The number of nitrogens with one attached hydrogen (secondary N) is 1. The highest BCUT2D eigenvalue weighted by Gasteiger charge is 2.35. The zero-order valence-electron chi connectivity index (χ0n) is 16.0. The van der Waals surface area contributed by atoms with Crippen molar-refractivity contribution in [1.82, 2.24) is 10.2 Å². The van der Waals surface area contributed by atoms with Gasteiger partial charge in [0, 0.05) is 37.6 Å². The number of hydrogen-bond donors (Lipinski definition) is 2. The monoisotopic (exact) mass is 382 g/mol. The molecule has 0 saturated carbocycles. The average molecular weight is 382 g/mol. The number of carbonyl (C=O) groups excluding carboxylic acids is 2. The molecule has 2 unspecified atom stereocenters. The fourth-order valence-electron chi connectivity index (χ4n) is 3.50. The first-order valence-corrected chi connectivity index (χ1v) is 9.48. The molecule has 0 aromatic heterocycles. The Labute approximate surface area is 165 Å². The number of nitrogens with zero attached hydrogens (tertiary/aromatic N) is 1. The molecule has 0 aliphatic carbocycles.